The molecule has 1 atom stereocenters. The van der Waals surface area contributed by atoms with Gasteiger partial charge in [-0.25, -0.2) is 0 Å². The Hall–Kier alpha value is -2.90. The quantitative estimate of drug-likeness (QED) is 0.618. The maximum atomic E-state index is 12.8. The van der Waals surface area contributed by atoms with Crippen LogP contribution in [-0.4, -0.2) is 28.3 Å². The van der Waals surface area contributed by atoms with Crippen LogP contribution in [-0.2, 0) is 9.59 Å². The molecule has 1 amide bonds. The second kappa shape index (κ2) is 6.68. The fraction of sp³-hybridized carbons (Fsp3) is 0.474. The summed E-state index contributed by atoms with van der Waals surface area (Å²) >= 11 is 0. The number of ether oxygens (including phenoxy) is 1. The van der Waals surface area contributed by atoms with Gasteiger partial charge in [0.25, 0.3) is 0 Å². The standard InChI is InChI=1S/C19H22N2O6/c1-4-27-15-6-10(5-13(18(15)24)21(25)26)11-7-16(23)20-12-8-19(2,3)9-14(22)17(11)12/h5-6,11,24H,4,7-9H2,1-3H3,(H,20,23)/t11-/m0/s1. The first kappa shape index (κ1) is 18.9. The number of phenolic OH excluding ortho intramolecular Hbond substituents is 1. The van der Waals surface area contributed by atoms with Gasteiger partial charge < -0.3 is 15.2 Å². The highest BCUT2D eigenvalue weighted by molar-refractivity contribution is 6.02. The lowest BCUT2D eigenvalue weighted by Gasteiger charge is -2.37. The molecule has 1 aliphatic heterocycles. The number of carbonyl (C=O) groups excluding carboxylic acids is 2. The van der Waals surface area contributed by atoms with Crippen LogP contribution < -0.4 is 10.1 Å². The molecule has 8 nitrogen and oxygen atoms in total. The zero-order chi connectivity index (χ0) is 19.9. The summed E-state index contributed by atoms with van der Waals surface area (Å²) in [7, 11) is 0. The highest BCUT2D eigenvalue weighted by Gasteiger charge is 2.41. The number of hydrogen-bond acceptors (Lipinski definition) is 6. The van der Waals surface area contributed by atoms with Crippen LogP contribution >= 0.6 is 0 Å². The van der Waals surface area contributed by atoms with Gasteiger partial charge in [-0.3, -0.25) is 19.7 Å². The van der Waals surface area contributed by atoms with Crippen molar-refractivity contribution in [2.24, 2.45) is 5.41 Å². The van der Waals surface area contributed by atoms with Crippen molar-refractivity contribution in [1.29, 1.82) is 0 Å². The van der Waals surface area contributed by atoms with E-state index in [4.69, 9.17) is 4.74 Å². The van der Waals surface area contributed by atoms with Gasteiger partial charge in [0.15, 0.2) is 11.5 Å². The molecule has 1 aliphatic carbocycles. The molecule has 27 heavy (non-hydrogen) atoms. The number of Topliss-reactive ketones (excluding diaryl/α,β-unsaturated/α-hetero) is 1. The molecule has 1 heterocycles. The van der Waals surface area contributed by atoms with Gasteiger partial charge in [-0.2, -0.15) is 0 Å². The molecule has 8 heteroatoms. The van der Waals surface area contributed by atoms with E-state index >= 15 is 0 Å². The van der Waals surface area contributed by atoms with Crippen LogP contribution in [0, 0.1) is 15.5 Å². The molecule has 0 saturated heterocycles. The molecule has 0 radical (unpaired) electrons. The molecule has 0 saturated carbocycles. The second-order valence-corrected chi connectivity index (χ2v) is 7.71. The Morgan fingerprint density at radius 3 is 2.67 bits per heavy atom. The van der Waals surface area contributed by atoms with E-state index in [0.29, 0.717) is 29.7 Å². The number of nitrogens with one attached hydrogen (secondary N) is 1. The number of ketones is 1. The predicted octanol–water partition coefficient (Wildman–Crippen LogP) is 2.95. The normalized spacial score (nSPS) is 21.5. The van der Waals surface area contributed by atoms with E-state index < -0.39 is 22.3 Å². The van der Waals surface area contributed by atoms with E-state index in [1.54, 1.807) is 6.92 Å². The van der Waals surface area contributed by atoms with Crippen molar-refractivity contribution >= 4 is 17.4 Å². The number of hydrogen-bond donors (Lipinski definition) is 2. The molecule has 2 N–H and O–H groups in total. The topological polar surface area (TPSA) is 119 Å². The number of phenols is 1. The smallest absolute Gasteiger partial charge is 0.314 e. The minimum atomic E-state index is -0.703. The third-order valence-corrected chi connectivity index (χ3v) is 4.92. The van der Waals surface area contributed by atoms with Crippen molar-refractivity contribution in [3.63, 3.8) is 0 Å². The van der Waals surface area contributed by atoms with Crippen LogP contribution in [0.3, 0.4) is 0 Å². The number of rotatable bonds is 4. The Morgan fingerprint density at radius 2 is 2.04 bits per heavy atom. The van der Waals surface area contributed by atoms with Crippen LogP contribution in [0.2, 0.25) is 0 Å². The van der Waals surface area contributed by atoms with Crippen molar-refractivity contribution < 1.29 is 24.4 Å². The molecule has 0 spiro atoms. The molecule has 1 aromatic carbocycles. The van der Waals surface area contributed by atoms with E-state index in [1.165, 1.54) is 12.1 Å². The fourth-order valence-electron chi connectivity index (χ4n) is 3.86. The Labute approximate surface area is 156 Å². The van der Waals surface area contributed by atoms with E-state index in [2.05, 4.69) is 5.32 Å². The molecule has 2 aliphatic rings. The fourth-order valence-corrected chi connectivity index (χ4v) is 3.86. The average molecular weight is 374 g/mol. The lowest BCUT2D eigenvalue weighted by atomic mass is 9.70. The number of allylic oxidation sites excluding steroid dienone is 2. The number of aromatic hydroxyl groups is 1. The number of nitro groups is 1. The lowest BCUT2D eigenvalue weighted by molar-refractivity contribution is -0.386. The maximum absolute atomic E-state index is 12.8. The summed E-state index contributed by atoms with van der Waals surface area (Å²) in [4.78, 5) is 35.7. The summed E-state index contributed by atoms with van der Waals surface area (Å²) in [5.41, 5.74) is 0.733. The van der Waals surface area contributed by atoms with Gasteiger partial charge in [-0.1, -0.05) is 13.8 Å². The van der Waals surface area contributed by atoms with Crippen molar-refractivity contribution in [3.8, 4) is 11.5 Å². The number of nitro benzene ring substituents is 1. The highest BCUT2D eigenvalue weighted by Crippen LogP contribution is 2.47. The third kappa shape index (κ3) is 3.51. The zero-order valence-corrected chi connectivity index (χ0v) is 15.5. The van der Waals surface area contributed by atoms with Crippen LogP contribution in [0.15, 0.2) is 23.4 Å². The van der Waals surface area contributed by atoms with Crippen LogP contribution in [0.25, 0.3) is 0 Å². The van der Waals surface area contributed by atoms with Crippen molar-refractivity contribution in [3.05, 3.63) is 39.1 Å². The SMILES string of the molecule is CCOc1cc([C@@H]2CC(=O)NC3=C2C(=O)CC(C)(C)C3)cc([N+](=O)[O-])c1O. The van der Waals surface area contributed by atoms with E-state index in [1.807, 2.05) is 13.8 Å². The Kier molecular flexibility index (Phi) is 4.67. The summed E-state index contributed by atoms with van der Waals surface area (Å²) in [5, 5.41) is 24.2. The first-order valence-electron chi connectivity index (χ1n) is 8.83. The summed E-state index contributed by atoms with van der Waals surface area (Å²) in [6.07, 6.45) is 0.907. The largest absolute Gasteiger partial charge is 0.500 e. The van der Waals surface area contributed by atoms with Crippen LogP contribution in [0.1, 0.15) is 51.5 Å². The zero-order valence-electron chi connectivity index (χ0n) is 15.5. The number of benzene rings is 1. The average Bonchev–Trinajstić information content (AvgIpc) is 2.54. The minimum Gasteiger partial charge on any atom is -0.500 e. The molecule has 1 aromatic rings. The highest BCUT2D eigenvalue weighted by atomic mass is 16.6. The first-order chi connectivity index (χ1) is 12.6. The molecule has 0 unspecified atom stereocenters. The monoisotopic (exact) mass is 374 g/mol. The molecular formula is C19H22N2O6. The van der Waals surface area contributed by atoms with E-state index in [9.17, 15) is 24.8 Å². The number of amides is 1. The van der Waals surface area contributed by atoms with E-state index in [-0.39, 0.29) is 35.9 Å². The van der Waals surface area contributed by atoms with Gasteiger partial charge in [0.2, 0.25) is 11.7 Å². The Balaban J connectivity index is 2.16. The van der Waals surface area contributed by atoms with Crippen LogP contribution in [0.4, 0.5) is 5.69 Å². The van der Waals surface area contributed by atoms with Crippen molar-refractivity contribution in [1.82, 2.24) is 5.32 Å². The molecule has 0 aromatic heterocycles. The maximum Gasteiger partial charge on any atom is 0.314 e. The van der Waals surface area contributed by atoms with Crippen LogP contribution in [0.5, 0.6) is 11.5 Å². The molecule has 144 valence electrons. The summed E-state index contributed by atoms with van der Waals surface area (Å²) in [5.74, 6) is -1.50. The number of nitrogens with zero attached hydrogens (tertiary/aromatic N) is 1. The predicted molar refractivity (Wildman–Crippen MR) is 96.5 cm³/mol. The van der Waals surface area contributed by atoms with Gasteiger partial charge >= 0.3 is 5.69 Å². The summed E-state index contributed by atoms with van der Waals surface area (Å²) in [6, 6.07) is 2.70. The van der Waals surface area contributed by atoms with Gasteiger partial charge in [0, 0.05) is 36.1 Å². The summed E-state index contributed by atoms with van der Waals surface area (Å²) in [6.45, 7) is 5.83. The molecule has 3 rings (SSSR count). The van der Waals surface area contributed by atoms with Gasteiger partial charge in [0.1, 0.15) is 0 Å². The Morgan fingerprint density at radius 1 is 1.33 bits per heavy atom. The lowest BCUT2D eigenvalue weighted by Crippen LogP contribution is -2.40. The van der Waals surface area contributed by atoms with Gasteiger partial charge in [-0.15, -0.1) is 0 Å². The van der Waals surface area contributed by atoms with Gasteiger partial charge in [0.05, 0.1) is 11.5 Å². The van der Waals surface area contributed by atoms with E-state index in [0.717, 1.165) is 0 Å². The summed E-state index contributed by atoms with van der Waals surface area (Å²) < 4.78 is 5.33. The van der Waals surface area contributed by atoms with Crippen molar-refractivity contribution in [2.75, 3.05) is 6.61 Å². The Bertz CT molecular complexity index is 871. The molecular weight excluding hydrogens is 352 g/mol. The second-order valence-electron chi connectivity index (χ2n) is 7.71. The number of carbonyl (C=O) groups is 2. The van der Waals surface area contributed by atoms with Gasteiger partial charge in [-0.05, 0) is 30.4 Å². The third-order valence-electron chi connectivity index (χ3n) is 4.92. The molecule has 0 bridgehead atoms. The molecule has 0 fully saturated rings. The minimum absolute atomic E-state index is 0.0124. The van der Waals surface area contributed by atoms with Crippen molar-refractivity contribution in [2.45, 2.75) is 46.0 Å². The first-order valence-corrected chi connectivity index (χ1v) is 8.83.